The van der Waals surface area contributed by atoms with Crippen LogP contribution in [0.15, 0.2) is 0 Å². The molecule has 7 heteroatoms. The number of aromatic nitrogens is 2. The third-order valence-corrected chi connectivity index (χ3v) is 3.20. The smallest absolute Gasteiger partial charge is 0.276 e. The van der Waals surface area contributed by atoms with E-state index >= 15 is 0 Å². The Hall–Kier alpha value is -2.05. The van der Waals surface area contributed by atoms with Gasteiger partial charge in [0, 0.05) is 20.6 Å². The highest BCUT2D eigenvalue weighted by Crippen LogP contribution is 2.22. The Labute approximate surface area is 118 Å². The number of H-pyrrole nitrogens is 1. The van der Waals surface area contributed by atoms with E-state index in [9.17, 15) is 9.59 Å². The van der Waals surface area contributed by atoms with E-state index < -0.39 is 0 Å². The minimum Gasteiger partial charge on any atom is -0.395 e. The molecule has 0 saturated heterocycles. The van der Waals surface area contributed by atoms with Gasteiger partial charge in [0.05, 0.1) is 17.3 Å². The van der Waals surface area contributed by atoms with E-state index in [-0.39, 0.29) is 29.3 Å². The van der Waals surface area contributed by atoms with Gasteiger partial charge in [0.15, 0.2) is 5.69 Å². The normalized spacial score (nSPS) is 12.3. The summed E-state index contributed by atoms with van der Waals surface area (Å²) in [6.07, 6.45) is 0. The average Bonchev–Trinajstić information content (AvgIpc) is 2.78. The summed E-state index contributed by atoms with van der Waals surface area (Å²) in [5.74, 6) is -0.526. The van der Waals surface area contributed by atoms with Gasteiger partial charge in [-0.1, -0.05) is 20.8 Å². The van der Waals surface area contributed by atoms with Crippen LogP contribution in [0.25, 0.3) is 0 Å². The van der Waals surface area contributed by atoms with Crippen molar-refractivity contribution in [3.8, 4) is 0 Å². The van der Waals surface area contributed by atoms with Crippen molar-refractivity contribution in [2.24, 2.45) is 5.92 Å². The highest BCUT2D eigenvalue weighted by Gasteiger charge is 2.24. The fourth-order valence-corrected chi connectivity index (χ4v) is 1.97. The summed E-state index contributed by atoms with van der Waals surface area (Å²) >= 11 is 0. The lowest BCUT2D eigenvalue weighted by Gasteiger charge is -2.20. The molecule has 1 heterocycles. The Morgan fingerprint density at radius 2 is 2.00 bits per heavy atom. The summed E-state index contributed by atoms with van der Waals surface area (Å²) in [5, 5.41) is 9.34. The third kappa shape index (κ3) is 3.28. The molecule has 1 atom stereocenters. The van der Waals surface area contributed by atoms with E-state index in [4.69, 9.17) is 5.73 Å². The number of nitrogens with zero attached hydrogens (tertiary/aromatic N) is 2. The van der Waals surface area contributed by atoms with Crippen molar-refractivity contribution < 1.29 is 9.59 Å². The van der Waals surface area contributed by atoms with Crippen molar-refractivity contribution in [1.29, 1.82) is 0 Å². The highest BCUT2D eigenvalue weighted by atomic mass is 16.2. The number of nitrogen functional groups attached to an aromatic ring is 1. The summed E-state index contributed by atoms with van der Waals surface area (Å²) in [6, 6.07) is 0. The van der Waals surface area contributed by atoms with Gasteiger partial charge in [-0.2, -0.15) is 5.10 Å². The number of carbonyl (C=O) groups excluding carboxylic acids is 2. The molecule has 1 unspecified atom stereocenters. The first-order valence-electron chi connectivity index (χ1n) is 6.60. The Kier molecular flexibility index (Phi) is 5.12. The molecule has 1 rings (SSSR count). The molecule has 0 radical (unpaired) electrons. The first-order valence-corrected chi connectivity index (χ1v) is 6.60. The van der Waals surface area contributed by atoms with E-state index in [1.807, 2.05) is 13.8 Å². The Morgan fingerprint density at radius 3 is 2.45 bits per heavy atom. The Balaban J connectivity index is 2.82. The van der Waals surface area contributed by atoms with E-state index in [1.165, 1.54) is 4.90 Å². The zero-order valence-corrected chi connectivity index (χ0v) is 12.7. The Bertz CT molecular complexity index is 495. The van der Waals surface area contributed by atoms with Gasteiger partial charge in [-0.05, 0) is 5.92 Å². The zero-order valence-electron chi connectivity index (χ0n) is 12.7. The van der Waals surface area contributed by atoms with E-state index in [0.29, 0.717) is 12.2 Å². The summed E-state index contributed by atoms with van der Waals surface area (Å²) in [5.41, 5.74) is 7.28. The SMILES string of the molecule is CNC(=O)C(C)CN(C)C(=O)c1n[nH]c(C(C)C)c1N. The first kappa shape index (κ1) is 16.0. The number of aromatic amines is 1. The van der Waals surface area contributed by atoms with Gasteiger partial charge in [-0.3, -0.25) is 14.7 Å². The number of hydrogen-bond acceptors (Lipinski definition) is 4. The summed E-state index contributed by atoms with van der Waals surface area (Å²) in [6.45, 7) is 6.00. The van der Waals surface area contributed by atoms with Gasteiger partial charge in [0.1, 0.15) is 0 Å². The number of nitrogens with one attached hydrogen (secondary N) is 2. The molecule has 0 fully saturated rings. The van der Waals surface area contributed by atoms with Crippen molar-refractivity contribution in [2.75, 3.05) is 26.4 Å². The largest absolute Gasteiger partial charge is 0.395 e. The number of nitrogens with two attached hydrogens (primary N) is 1. The van der Waals surface area contributed by atoms with Crippen LogP contribution in [0.1, 0.15) is 42.9 Å². The number of amides is 2. The maximum atomic E-state index is 12.3. The van der Waals surface area contributed by atoms with Crippen LogP contribution in [-0.2, 0) is 4.79 Å². The minimum absolute atomic E-state index is 0.109. The molecule has 1 aromatic rings. The van der Waals surface area contributed by atoms with Crippen LogP contribution in [-0.4, -0.2) is 47.6 Å². The number of carbonyl (C=O) groups is 2. The van der Waals surface area contributed by atoms with Gasteiger partial charge in [0.2, 0.25) is 5.91 Å². The second kappa shape index (κ2) is 6.40. The molecule has 0 aliphatic heterocycles. The lowest BCUT2D eigenvalue weighted by molar-refractivity contribution is -0.124. The molecular formula is C13H23N5O2. The van der Waals surface area contributed by atoms with Crippen LogP contribution in [0, 0.1) is 5.92 Å². The second-order valence-corrected chi connectivity index (χ2v) is 5.26. The minimum atomic E-state index is -0.293. The van der Waals surface area contributed by atoms with Crippen molar-refractivity contribution in [2.45, 2.75) is 26.7 Å². The lowest BCUT2D eigenvalue weighted by Crippen LogP contribution is -2.37. The maximum Gasteiger partial charge on any atom is 0.276 e. The van der Waals surface area contributed by atoms with Crippen molar-refractivity contribution in [3.05, 3.63) is 11.4 Å². The van der Waals surface area contributed by atoms with E-state index in [2.05, 4.69) is 15.5 Å². The van der Waals surface area contributed by atoms with Crippen molar-refractivity contribution in [3.63, 3.8) is 0 Å². The van der Waals surface area contributed by atoms with Crippen LogP contribution in [0.3, 0.4) is 0 Å². The molecule has 0 spiro atoms. The molecule has 0 aliphatic carbocycles. The van der Waals surface area contributed by atoms with E-state index in [0.717, 1.165) is 5.69 Å². The van der Waals surface area contributed by atoms with Crippen LogP contribution in [0.2, 0.25) is 0 Å². The molecule has 0 bridgehead atoms. The fourth-order valence-electron chi connectivity index (χ4n) is 1.97. The van der Waals surface area contributed by atoms with Crippen LogP contribution in [0.4, 0.5) is 5.69 Å². The predicted octanol–water partition coefficient (Wildman–Crippen LogP) is 0.569. The average molecular weight is 281 g/mol. The molecular weight excluding hydrogens is 258 g/mol. The fraction of sp³-hybridized carbons (Fsp3) is 0.615. The summed E-state index contributed by atoms with van der Waals surface area (Å²) in [4.78, 5) is 25.2. The molecule has 4 N–H and O–H groups in total. The van der Waals surface area contributed by atoms with Gasteiger partial charge in [-0.15, -0.1) is 0 Å². The quantitative estimate of drug-likeness (QED) is 0.734. The zero-order chi connectivity index (χ0) is 15.4. The molecule has 0 saturated carbocycles. The number of hydrogen-bond donors (Lipinski definition) is 3. The molecule has 20 heavy (non-hydrogen) atoms. The molecule has 112 valence electrons. The monoisotopic (exact) mass is 281 g/mol. The van der Waals surface area contributed by atoms with Crippen LogP contribution < -0.4 is 11.1 Å². The number of anilines is 1. The van der Waals surface area contributed by atoms with Crippen molar-refractivity contribution >= 4 is 17.5 Å². The standard InChI is InChI=1S/C13H23N5O2/c1-7(2)10-9(14)11(17-16-10)13(20)18(5)6-8(3)12(19)15-4/h7-8H,6,14H2,1-5H3,(H,15,19)(H,16,17). The maximum absolute atomic E-state index is 12.3. The lowest BCUT2D eigenvalue weighted by atomic mass is 10.1. The van der Waals surface area contributed by atoms with Crippen molar-refractivity contribution in [1.82, 2.24) is 20.4 Å². The molecule has 0 aliphatic rings. The summed E-state index contributed by atoms with van der Waals surface area (Å²) in [7, 11) is 3.20. The van der Waals surface area contributed by atoms with E-state index in [1.54, 1.807) is 21.0 Å². The van der Waals surface area contributed by atoms with Crippen LogP contribution in [0.5, 0.6) is 0 Å². The second-order valence-electron chi connectivity index (χ2n) is 5.26. The van der Waals surface area contributed by atoms with Gasteiger partial charge in [0.25, 0.3) is 5.91 Å². The number of rotatable bonds is 5. The van der Waals surface area contributed by atoms with Crippen LogP contribution >= 0.6 is 0 Å². The topological polar surface area (TPSA) is 104 Å². The molecule has 7 nitrogen and oxygen atoms in total. The molecule has 0 aromatic carbocycles. The molecule has 1 aromatic heterocycles. The summed E-state index contributed by atoms with van der Waals surface area (Å²) < 4.78 is 0. The van der Waals surface area contributed by atoms with Gasteiger partial charge in [-0.25, -0.2) is 0 Å². The highest BCUT2D eigenvalue weighted by molar-refractivity contribution is 5.97. The molecule has 2 amide bonds. The third-order valence-electron chi connectivity index (χ3n) is 3.20. The first-order chi connectivity index (χ1) is 9.29. The Morgan fingerprint density at radius 1 is 1.40 bits per heavy atom. The predicted molar refractivity (Wildman–Crippen MR) is 77.3 cm³/mol. The van der Waals surface area contributed by atoms with Gasteiger partial charge < -0.3 is 16.0 Å². The van der Waals surface area contributed by atoms with Gasteiger partial charge >= 0.3 is 0 Å².